The molecular weight excluding hydrogens is 358 g/mol. The van der Waals surface area contributed by atoms with E-state index in [1.54, 1.807) is 57.1 Å². The highest BCUT2D eigenvalue weighted by molar-refractivity contribution is 5.94. The van der Waals surface area contributed by atoms with Gasteiger partial charge in [-0.1, -0.05) is 0 Å². The Bertz CT molecular complexity index is 932. The number of hydrogen-bond donors (Lipinski definition) is 1. The molecule has 7 nitrogen and oxygen atoms in total. The predicted molar refractivity (Wildman–Crippen MR) is 104 cm³/mol. The third-order valence-electron chi connectivity index (χ3n) is 4.03. The minimum absolute atomic E-state index is 0.216. The highest BCUT2D eigenvalue weighted by Gasteiger charge is 2.12. The van der Waals surface area contributed by atoms with Crippen molar-refractivity contribution in [3.05, 3.63) is 77.7 Å². The number of benzene rings is 1. The number of ether oxygens (including phenoxy) is 3. The van der Waals surface area contributed by atoms with Gasteiger partial charge in [-0.25, -0.2) is 4.98 Å². The molecule has 3 aromatic rings. The van der Waals surface area contributed by atoms with Crippen LogP contribution in [0.5, 0.6) is 17.4 Å². The molecule has 0 fully saturated rings. The molecule has 1 amide bonds. The lowest BCUT2D eigenvalue weighted by Crippen LogP contribution is -2.22. The Morgan fingerprint density at radius 3 is 2.46 bits per heavy atom. The first-order valence-electron chi connectivity index (χ1n) is 8.66. The average molecular weight is 379 g/mol. The van der Waals surface area contributed by atoms with Crippen molar-refractivity contribution in [2.24, 2.45) is 0 Å². The molecule has 1 N–H and O–H groups in total. The Hall–Kier alpha value is -3.61. The van der Waals surface area contributed by atoms with E-state index >= 15 is 0 Å². The van der Waals surface area contributed by atoms with E-state index in [1.807, 2.05) is 18.2 Å². The first kappa shape index (κ1) is 19.2. The van der Waals surface area contributed by atoms with Crippen LogP contribution in [0.1, 0.15) is 21.5 Å². The van der Waals surface area contributed by atoms with Crippen LogP contribution in [0.2, 0.25) is 0 Å². The van der Waals surface area contributed by atoms with E-state index in [-0.39, 0.29) is 5.91 Å². The van der Waals surface area contributed by atoms with Crippen LogP contribution in [0.25, 0.3) is 0 Å². The summed E-state index contributed by atoms with van der Waals surface area (Å²) in [6, 6.07) is 12.4. The summed E-state index contributed by atoms with van der Waals surface area (Å²) in [5, 5.41) is 2.88. The third kappa shape index (κ3) is 4.97. The molecule has 3 rings (SSSR count). The normalized spacial score (nSPS) is 10.2. The van der Waals surface area contributed by atoms with Crippen molar-refractivity contribution in [1.29, 1.82) is 0 Å². The van der Waals surface area contributed by atoms with Crippen LogP contribution in [0.3, 0.4) is 0 Å². The highest BCUT2D eigenvalue weighted by atomic mass is 16.5. The summed E-state index contributed by atoms with van der Waals surface area (Å²) in [6.07, 6.45) is 5.04. The van der Waals surface area contributed by atoms with E-state index in [1.165, 1.54) is 0 Å². The van der Waals surface area contributed by atoms with Gasteiger partial charge in [-0.05, 0) is 47.5 Å². The molecular formula is C21H21N3O4. The van der Waals surface area contributed by atoms with Crippen molar-refractivity contribution in [2.75, 3.05) is 14.2 Å². The van der Waals surface area contributed by atoms with Gasteiger partial charge >= 0.3 is 0 Å². The molecule has 144 valence electrons. The first-order chi connectivity index (χ1) is 13.7. The molecule has 0 bridgehead atoms. The maximum absolute atomic E-state index is 12.5. The smallest absolute Gasteiger partial charge is 0.251 e. The zero-order valence-electron chi connectivity index (χ0n) is 15.7. The molecule has 0 atom stereocenters. The molecule has 0 spiro atoms. The summed E-state index contributed by atoms with van der Waals surface area (Å²) in [7, 11) is 3.11. The topological polar surface area (TPSA) is 82.6 Å². The summed E-state index contributed by atoms with van der Waals surface area (Å²) in [6.45, 7) is 0.706. The fourth-order valence-electron chi connectivity index (χ4n) is 2.53. The largest absolute Gasteiger partial charge is 0.493 e. The number of methoxy groups -OCH3 is 2. The van der Waals surface area contributed by atoms with Gasteiger partial charge in [-0.2, -0.15) is 0 Å². The number of nitrogens with zero attached hydrogens (tertiary/aromatic N) is 2. The number of rotatable bonds is 8. The number of nitrogens with one attached hydrogen (secondary N) is 1. The second kappa shape index (κ2) is 9.36. The molecule has 7 heteroatoms. The van der Waals surface area contributed by atoms with Crippen molar-refractivity contribution in [1.82, 2.24) is 15.3 Å². The number of aromatic nitrogens is 2. The standard InChI is InChI=1S/C21H21N3O4/c1-26-18-4-3-17(12-19(18)28-14-15-5-8-22-9-6-15)21(25)24-13-16-7-10-23-20(11-16)27-2/h3-12H,13-14H2,1-2H3,(H,24,25). The molecule has 2 aromatic heterocycles. The highest BCUT2D eigenvalue weighted by Crippen LogP contribution is 2.29. The Kier molecular flexibility index (Phi) is 6.41. The number of carbonyl (C=O) groups is 1. The summed E-state index contributed by atoms with van der Waals surface area (Å²) in [5.41, 5.74) is 2.34. The number of hydrogen-bond acceptors (Lipinski definition) is 6. The van der Waals surface area contributed by atoms with Gasteiger partial charge in [0, 0.05) is 36.8 Å². The quantitative estimate of drug-likeness (QED) is 0.648. The molecule has 0 radical (unpaired) electrons. The molecule has 0 saturated carbocycles. The van der Waals surface area contributed by atoms with E-state index in [9.17, 15) is 4.79 Å². The lowest BCUT2D eigenvalue weighted by atomic mass is 10.1. The van der Waals surface area contributed by atoms with Crippen LogP contribution < -0.4 is 19.5 Å². The molecule has 0 saturated heterocycles. The van der Waals surface area contributed by atoms with Gasteiger partial charge in [-0.15, -0.1) is 0 Å². The van der Waals surface area contributed by atoms with Gasteiger partial charge in [0.05, 0.1) is 14.2 Å². The molecule has 1 aromatic carbocycles. The summed E-state index contributed by atoms with van der Waals surface area (Å²) >= 11 is 0. The van der Waals surface area contributed by atoms with Crippen LogP contribution in [0.15, 0.2) is 61.1 Å². The Balaban J connectivity index is 1.67. The minimum Gasteiger partial charge on any atom is -0.493 e. The average Bonchev–Trinajstić information content (AvgIpc) is 2.76. The number of carbonyl (C=O) groups excluding carboxylic acids is 1. The minimum atomic E-state index is -0.216. The maximum atomic E-state index is 12.5. The van der Waals surface area contributed by atoms with Crippen LogP contribution in [-0.2, 0) is 13.2 Å². The monoisotopic (exact) mass is 379 g/mol. The lowest BCUT2D eigenvalue weighted by molar-refractivity contribution is 0.0950. The second-order valence-corrected chi connectivity index (χ2v) is 5.90. The summed E-state index contributed by atoms with van der Waals surface area (Å²) < 4.78 is 16.3. The van der Waals surface area contributed by atoms with Gasteiger partial charge in [0.2, 0.25) is 5.88 Å². The van der Waals surface area contributed by atoms with Crippen LogP contribution in [0, 0.1) is 0 Å². The predicted octanol–water partition coefficient (Wildman–Crippen LogP) is 3.00. The van der Waals surface area contributed by atoms with Gasteiger partial charge < -0.3 is 19.5 Å². The van der Waals surface area contributed by atoms with Gasteiger partial charge in [-0.3, -0.25) is 9.78 Å². The molecule has 0 aliphatic heterocycles. The zero-order chi connectivity index (χ0) is 19.8. The van der Waals surface area contributed by atoms with Crippen LogP contribution in [-0.4, -0.2) is 30.1 Å². The Labute approximate surface area is 163 Å². The molecule has 0 aliphatic carbocycles. The zero-order valence-corrected chi connectivity index (χ0v) is 15.7. The van der Waals surface area contributed by atoms with E-state index in [2.05, 4.69) is 15.3 Å². The SMILES string of the molecule is COc1cc(CNC(=O)c2ccc(OC)c(OCc3ccncc3)c2)ccn1. The molecule has 2 heterocycles. The van der Waals surface area contributed by atoms with E-state index < -0.39 is 0 Å². The van der Waals surface area contributed by atoms with Crippen molar-refractivity contribution in [2.45, 2.75) is 13.2 Å². The van der Waals surface area contributed by atoms with E-state index in [0.29, 0.717) is 36.1 Å². The fraction of sp³-hybridized carbons (Fsp3) is 0.190. The molecule has 0 unspecified atom stereocenters. The van der Waals surface area contributed by atoms with Crippen LogP contribution >= 0.6 is 0 Å². The van der Waals surface area contributed by atoms with Gasteiger partial charge in [0.25, 0.3) is 5.91 Å². The van der Waals surface area contributed by atoms with E-state index in [4.69, 9.17) is 14.2 Å². The first-order valence-corrected chi connectivity index (χ1v) is 8.66. The Morgan fingerprint density at radius 2 is 1.71 bits per heavy atom. The molecule has 28 heavy (non-hydrogen) atoms. The third-order valence-corrected chi connectivity index (χ3v) is 4.03. The second-order valence-electron chi connectivity index (χ2n) is 5.90. The number of amides is 1. The van der Waals surface area contributed by atoms with Crippen molar-refractivity contribution in [3.63, 3.8) is 0 Å². The summed E-state index contributed by atoms with van der Waals surface area (Å²) in [5.74, 6) is 1.34. The summed E-state index contributed by atoms with van der Waals surface area (Å²) in [4.78, 5) is 20.6. The van der Waals surface area contributed by atoms with Crippen molar-refractivity contribution in [3.8, 4) is 17.4 Å². The van der Waals surface area contributed by atoms with Crippen LogP contribution in [0.4, 0.5) is 0 Å². The van der Waals surface area contributed by atoms with Gasteiger partial charge in [0.15, 0.2) is 11.5 Å². The fourth-order valence-corrected chi connectivity index (χ4v) is 2.53. The lowest BCUT2D eigenvalue weighted by Gasteiger charge is -2.13. The molecule has 0 aliphatic rings. The van der Waals surface area contributed by atoms with Crippen molar-refractivity contribution >= 4 is 5.91 Å². The van der Waals surface area contributed by atoms with Gasteiger partial charge in [0.1, 0.15) is 6.61 Å². The maximum Gasteiger partial charge on any atom is 0.251 e. The Morgan fingerprint density at radius 1 is 0.929 bits per heavy atom. The van der Waals surface area contributed by atoms with Crippen molar-refractivity contribution < 1.29 is 19.0 Å². The van der Waals surface area contributed by atoms with E-state index in [0.717, 1.165) is 11.1 Å². The number of pyridine rings is 2.